The maximum absolute atomic E-state index is 3.41. The van der Waals surface area contributed by atoms with Crippen molar-refractivity contribution in [1.29, 1.82) is 0 Å². The van der Waals surface area contributed by atoms with Crippen molar-refractivity contribution < 1.29 is 0 Å². The molecule has 1 atom stereocenters. The average molecular weight is 244 g/mol. The van der Waals surface area contributed by atoms with Crippen LogP contribution >= 0.6 is 0 Å². The van der Waals surface area contributed by atoms with E-state index in [0.717, 1.165) is 6.04 Å². The fourth-order valence-corrected chi connectivity index (χ4v) is 3.60. The van der Waals surface area contributed by atoms with E-state index in [9.17, 15) is 0 Å². The molecule has 0 aromatic heterocycles. The topological polar surface area (TPSA) is 15.3 Å². The lowest BCUT2D eigenvalue weighted by atomic mass is 10.00. The van der Waals surface area contributed by atoms with Gasteiger partial charge in [0.2, 0.25) is 0 Å². The zero-order valence-electron chi connectivity index (χ0n) is 11.6. The number of fused-ring (bicyclic) bond motifs is 1. The fraction of sp³-hybridized carbons (Fsp3) is 0.625. The summed E-state index contributed by atoms with van der Waals surface area (Å²) >= 11 is 0. The van der Waals surface area contributed by atoms with Gasteiger partial charge in [-0.2, -0.15) is 0 Å². The van der Waals surface area contributed by atoms with Crippen LogP contribution in [-0.4, -0.2) is 31.1 Å². The van der Waals surface area contributed by atoms with Crippen LogP contribution in [0, 0.1) is 6.92 Å². The first-order valence-corrected chi connectivity index (χ1v) is 7.28. The molecule has 0 bridgehead atoms. The van der Waals surface area contributed by atoms with E-state index in [-0.39, 0.29) is 0 Å². The molecule has 2 heteroatoms. The first kappa shape index (κ1) is 12.2. The summed E-state index contributed by atoms with van der Waals surface area (Å²) in [5, 5.41) is 3.41. The molecule has 1 unspecified atom stereocenters. The van der Waals surface area contributed by atoms with E-state index >= 15 is 0 Å². The molecule has 0 spiro atoms. The molecule has 0 amide bonds. The number of likely N-dealkylation sites (tertiary alicyclic amines) is 1. The predicted molar refractivity (Wildman–Crippen MR) is 75.9 cm³/mol. The molecule has 1 saturated heterocycles. The number of nitrogens with zero attached hydrogens (tertiary/aromatic N) is 1. The van der Waals surface area contributed by atoms with Crippen molar-refractivity contribution in [3.63, 3.8) is 0 Å². The van der Waals surface area contributed by atoms with Gasteiger partial charge < -0.3 is 5.32 Å². The van der Waals surface area contributed by atoms with Gasteiger partial charge in [0.15, 0.2) is 0 Å². The standard InChI is InChI=1S/C16H24N2/c1-12-3-5-15-13(11-12)4-6-16(15)18-9-7-14(17-2)8-10-18/h3,5,11,14,16-17H,4,6-10H2,1-2H3. The van der Waals surface area contributed by atoms with Gasteiger partial charge in [-0.1, -0.05) is 23.8 Å². The normalized spacial score (nSPS) is 25.3. The van der Waals surface area contributed by atoms with Crippen LogP contribution in [0.5, 0.6) is 0 Å². The van der Waals surface area contributed by atoms with Gasteiger partial charge in [-0.05, 0) is 50.8 Å². The minimum Gasteiger partial charge on any atom is -0.317 e. The van der Waals surface area contributed by atoms with Gasteiger partial charge in [0.05, 0.1) is 0 Å². The zero-order chi connectivity index (χ0) is 12.5. The molecule has 1 fully saturated rings. The fourth-order valence-electron chi connectivity index (χ4n) is 3.60. The third-order valence-electron chi connectivity index (χ3n) is 4.72. The summed E-state index contributed by atoms with van der Waals surface area (Å²) in [6.07, 6.45) is 5.19. The first-order chi connectivity index (χ1) is 8.78. The third-order valence-corrected chi connectivity index (χ3v) is 4.72. The molecular weight excluding hydrogens is 220 g/mol. The highest BCUT2D eigenvalue weighted by atomic mass is 15.2. The van der Waals surface area contributed by atoms with Gasteiger partial charge in [-0.15, -0.1) is 0 Å². The Balaban J connectivity index is 1.73. The van der Waals surface area contributed by atoms with Crippen molar-refractivity contribution in [1.82, 2.24) is 10.2 Å². The number of nitrogens with one attached hydrogen (secondary N) is 1. The number of rotatable bonds is 2. The minimum absolute atomic E-state index is 0.693. The average Bonchev–Trinajstić information content (AvgIpc) is 2.81. The smallest absolute Gasteiger partial charge is 0.0354 e. The molecule has 0 radical (unpaired) electrons. The summed E-state index contributed by atoms with van der Waals surface area (Å²) in [6.45, 7) is 4.71. The predicted octanol–water partition coefficient (Wildman–Crippen LogP) is 2.67. The van der Waals surface area contributed by atoms with Crippen molar-refractivity contribution in [3.05, 3.63) is 34.9 Å². The van der Waals surface area contributed by atoms with Gasteiger partial charge in [-0.3, -0.25) is 4.90 Å². The summed E-state index contributed by atoms with van der Waals surface area (Å²) in [6, 6.07) is 8.46. The summed E-state index contributed by atoms with van der Waals surface area (Å²) in [5.41, 5.74) is 4.60. The molecule has 3 rings (SSSR count). The monoisotopic (exact) mass is 244 g/mol. The highest BCUT2D eigenvalue weighted by molar-refractivity contribution is 5.37. The van der Waals surface area contributed by atoms with E-state index in [1.807, 2.05) is 0 Å². The van der Waals surface area contributed by atoms with Crippen LogP contribution in [0.1, 0.15) is 42.0 Å². The van der Waals surface area contributed by atoms with E-state index in [1.165, 1.54) is 44.3 Å². The largest absolute Gasteiger partial charge is 0.317 e. The Hall–Kier alpha value is -0.860. The molecule has 1 aromatic rings. The van der Waals surface area contributed by atoms with Crippen molar-refractivity contribution >= 4 is 0 Å². The molecule has 1 aliphatic carbocycles. The molecule has 1 N–H and O–H groups in total. The van der Waals surface area contributed by atoms with Gasteiger partial charge in [-0.25, -0.2) is 0 Å². The summed E-state index contributed by atoms with van der Waals surface area (Å²) in [4.78, 5) is 2.70. The molecule has 18 heavy (non-hydrogen) atoms. The van der Waals surface area contributed by atoms with Crippen LogP contribution < -0.4 is 5.32 Å². The van der Waals surface area contributed by atoms with Crippen LogP contribution in [0.25, 0.3) is 0 Å². The highest BCUT2D eigenvalue weighted by Crippen LogP contribution is 2.37. The molecule has 2 nitrogen and oxygen atoms in total. The van der Waals surface area contributed by atoms with Crippen molar-refractivity contribution in [2.45, 2.75) is 44.7 Å². The molecule has 2 aliphatic rings. The number of benzene rings is 1. The zero-order valence-corrected chi connectivity index (χ0v) is 11.6. The Labute approximate surface area is 110 Å². The Bertz CT molecular complexity index is 419. The van der Waals surface area contributed by atoms with Crippen molar-refractivity contribution in [2.24, 2.45) is 0 Å². The lowest BCUT2D eigenvalue weighted by Crippen LogP contribution is -2.42. The lowest BCUT2D eigenvalue weighted by Gasteiger charge is -2.36. The maximum atomic E-state index is 3.41. The second kappa shape index (κ2) is 5.02. The summed E-state index contributed by atoms with van der Waals surface area (Å²) in [7, 11) is 2.09. The summed E-state index contributed by atoms with van der Waals surface area (Å²) < 4.78 is 0. The first-order valence-electron chi connectivity index (χ1n) is 7.28. The number of aryl methyl sites for hydroxylation is 2. The van der Waals surface area contributed by atoms with Crippen molar-refractivity contribution in [2.75, 3.05) is 20.1 Å². The Morgan fingerprint density at radius 2 is 1.94 bits per heavy atom. The second-order valence-corrected chi connectivity index (χ2v) is 5.86. The Kier molecular flexibility index (Phi) is 3.40. The van der Waals surface area contributed by atoms with Crippen LogP contribution in [-0.2, 0) is 6.42 Å². The Morgan fingerprint density at radius 3 is 2.67 bits per heavy atom. The van der Waals surface area contributed by atoms with Gasteiger partial charge in [0, 0.05) is 25.2 Å². The van der Waals surface area contributed by atoms with E-state index < -0.39 is 0 Å². The van der Waals surface area contributed by atoms with Crippen molar-refractivity contribution in [3.8, 4) is 0 Å². The molecular formula is C16H24N2. The molecule has 1 aromatic carbocycles. The summed E-state index contributed by atoms with van der Waals surface area (Å²) in [5.74, 6) is 0. The van der Waals surface area contributed by atoms with Gasteiger partial charge in [0.1, 0.15) is 0 Å². The van der Waals surface area contributed by atoms with Crippen LogP contribution in [0.15, 0.2) is 18.2 Å². The number of hydrogen-bond acceptors (Lipinski definition) is 2. The molecule has 1 aliphatic heterocycles. The molecule has 1 heterocycles. The Morgan fingerprint density at radius 1 is 1.17 bits per heavy atom. The van der Waals surface area contributed by atoms with Gasteiger partial charge >= 0.3 is 0 Å². The number of piperidine rings is 1. The molecule has 98 valence electrons. The molecule has 0 saturated carbocycles. The van der Waals surface area contributed by atoms with Crippen LogP contribution in [0.2, 0.25) is 0 Å². The number of hydrogen-bond donors (Lipinski definition) is 1. The second-order valence-electron chi connectivity index (χ2n) is 5.86. The third kappa shape index (κ3) is 2.19. The van der Waals surface area contributed by atoms with E-state index in [2.05, 4.69) is 42.4 Å². The maximum Gasteiger partial charge on any atom is 0.0354 e. The van der Waals surface area contributed by atoms with E-state index in [0.29, 0.717) is 6.04 Å². The highest BCUT2D eigenvalue weighted by Gasteiger charge is 2.30. The minimum atomic E-state index is 0.693. The van der Waals surface area contributed by atoms with E-state index in [1.54, 1.807) is 11.1 Å². The van der Waals surface area contributed by atoms with Crippen LogP contribution in [0.4, 0.5) is 0 Å². The quantitative estimate of drug-likeness (QED) is 0.860. The van der Waals surface area contributed by atoms with Gasteiger partial charge in [0.25, 0.3) is 0 Å². The lowest BCUT2D eigenvalue weighted by molar-refractivity contribution is 0.145. The van der Waals surface area contributed by atoms with E-state index in [4.69, 9.17) is 0 Å². The SMILES string of the molecule is CNC1CCN(C2CCc3cc(C)ccc32)CC1. The van der Waals surface area contributed by atoms with Crippen LogP contribution in [0.3, 0.4) is 0 Å².